The third-order valence-electron chi connectivity index (χ3n) is 9.90. The molecule has 4 aliphatic carbocycles. The Hall–Kier alpha value is -2.12. The van der Waals surface area contributed by atoms with E-state index in [1.165, 1.54) is 6.42 Å². The number of rotatable bonds is 4. The highest BCUT2D eigenvalue weighted by Crippen LogP contribution is 2.62. The number of ether oxygens (including phenoxy) is 2. The summed E-state index contributed by atoms with van der Waals surface area (Å²) in [7, 11) is 3.53. The van der Waals surface area contributed by atoms with Crippen LogP contribution < -0.4 is 0 Å². The second-order valence-electron chi connectivity index (χ2n) is 11.6. The second kappa shape index (κ2) is 8.77. The molecule has 0 radical (unpaired) electrons. The highest BCUT2D eigenvalue weighted by atomic mass is 16.6. The van der Waals surface area contributed by atoms with E-state index in [1.54, 1.807) is 13.3 Å². The van der Waals surface area contributed by atoms with Gasteiger partial charge in [-0.1, -0.05) is 26.2 Å². The average Bonchev–Trinajstić information content (AvgIpc) is 3.15. The van der Waals surface area contributed by atoms with Crippen LogP contribution in [0.4, 0.5) is 0 Å². The number of allylic oxidation sites excluding steroid dienone is 1. The lowest BCUT2D eigenvalue weighted by molar-refractivity contribution is -0.156. The monoisotopic (exact) mass is 485 g/mol. The van der Waals surface area contributed by atoms with Crippen molar-refractivity contribution in [3.63, 3.8) is 0 Å². The Balaban J connectivity index is 1.64. The van der Waals surface area contributed by atoms with Crippen molar-refractivity contribution < 1.29 is 29.3 Å². The molecule has 5 atom stereocenters. The van der Waals surface area contributed by atoms with Crippen LogP contribution in [0, 0.1) is 16.7 Å². The van der Waals surface area contributed by atoms with Crippen molar-refractivity contribution in [1.82, 2.24) is 4.90 Å². The van der Waals surface area contributed by atoms with Crippen molar-refractivity contribution in [2.75, 3.05) is 20.8 Å². The molecule has 0 aromatic rings. The van der Waals surface area contributed by atoms with Crippen LogP contribution in [0.25, 0.3) is 0 Å². The normalized spacial score (nSPS) is 38.9. The van der Waals surface area contributed by atoms with Crippen LogP contribution in [-0.4, -0.2) is 65.9 Å². The minimum Gasteiger partial charge on any atom is -0.504 e. The van der Waals surface area contributed by atoms with Crippen molar-refractivity contribution >= 4 is 11.8 Å². The Bertz CT molecular complexity index is 1020. The highest BCUT2D eigenvalue weighted by Gasteiger charge is 2.61. The molecule has 2 N–H and O–H groups in total. The zero-order valence-corrected chi connectivity index (χ0v) is 21.4. The zero-order chi connectivity index (χ0) is 25.1. The molecule has 2 saturated carbocycles. The number of aliphatic hydroxyl groups is 2. The van der Waals surface area contributed by atoms with E-state index in [9.17, 15) is 19.8 Å². The molecular weight excluding hydrogens is 446 g/mol. The first-order valence-electron chi connectivity index (χ1n) is 13.2. The molecule has 0 aromatic carbocycles. The van der Waals surface area contributed by atoms with E-state index >= 15 is 0 Å². The number of hydrogen-bond donors (Lipinski definition) is 2. The molecule has 1 aliphatic heterocycles. The summed E-state index contributed by atoms with van der Waals surface area (Å²) in [5, 5.41) is 22.2. The van der Waals surface area contributed by atoms with Gasteiger partial charge in [0.1, 0.15) is 6.10 Å². The quantitative estimate of drug-likeness (QED) is 0.459. The van der Waals surface area contributed by atoms with E-state index in [2.05, 4.69) is 11.8 Å². The molecule has 192 valence electrons. The molecule has 1 heterocycles. The molecule has 7 heteroatoms. The number of hydrogen-bond acceptors (Lipinski definition) is 7. The van der Waals surface area contributed by atoms with Crippen LogP contribution in [0.2, 0.25) is 0 Å². The van der Waals surface area contributed by atoms with Gasteiger partial charge in [-0.05, 0) is 56.9 Å². The van der Waals surface area contributed by atoms with E-state index in [-0.39, 0.29) is 29.3 Å². The predicted octanol–water partition coefficient (Wildman–Crippen LogP) is 3.98. The first-order chi connectivity index (χ1) is 16.6. The van der Waals surface area contributed by atoms with Gasteiger partial charge in [-0.3, -0.25) is 4.79 Å². The summed E-state index contributed by atoms with van der Waals surface area (Å²) < 4.78 is 11.5. The van der Waals surface area contributed by atoms with Crippen LogP contribution in [-0.2, 0) is 19.1 Å². The third kappa shape index (κ3) is 3.52. The minimum atomic E-state index is -0.870. The lowest BCUT2D eigenvalue weighted by Gasteiger charge is -2.52. The number of fused-ring (bicyclic) bond motifs is 4. The molecule has 35 heavy (non-hydrogen) atoms. The van der Waals surface area contributed by atoms with Crippen molar-refractivity contribution in [2.45, 2.75) is 89.9 Å². The van der Waals surface area contributed by atoms with Crippen molar-refractivity contribution in [2.24, 2.45) is 16.7 Å². The van der Waals surface area contributed by atoms with E-state index in [0.717, 1.165) is 37.7 Å². The molecule has 1 saturated heterocycles. The molecule has 0 amide bonds. The van der Waals surface area contributed by atoms with Gasteiger partial charge in [-0.25, -0.2) is 4.79 Å². The van der Waals surface area contributed by atoms with Crippen molar-refractivity contribution in [3.05, 3.63) is 34.3 Å². The number of methoxy groups -OCH3 is 1. The molecule has 0 spiro atoms. The van der Waals surface area contributed by atoms with Crippen LogP contribution >= 0.6 is 0 Å². The van der Waals surface area contributed by atoms with Crippen LogP contribution in [0.1, 0.15) is 71.6 Å². The van der Waals surface area contributed by atoms with Gasteiger partial charge in [-0.2, -0.15) is 0 Å². The minimum absolute atomic E-state index is 0.118. The number of aliphatic hydroxyl groups excluding tert-OH is 2. The topological polar surface area (TPSA) is 96.3 Å². The molecule has 0 bridgehead atoms. The van der Waals surface area contributed by atoms with Crippen LogP contribution in [0.15, 0.2) is 34.3 Å². The summed E-state index contributed by atoms with van der Waals surface area (Å²) >= 11 is 0. The fourth-order valence-electron chi connectivity index (χ4n) is 7.69. The van der Waals surface area contributed by atoms with E-state index < -0.39 is 29.4 Å². The van der Waals surface area contributed by atoms with Gasteiger partial charge in [0.2, 0.25) is 5.78 Å². The Labute approximate surface area is 207 Å². The van der Waals surface area contributed by atoms with Crippen LogP contribution in [0.3, 0.4) is 0 Å². The van der Waals surface area contributed by atoms with Gasteiger partial charge in [0, 0.05) is 43.0 Å². The number of carbonyl (C=O) groups is 2. The molecule has 0 aromatic heterocycles. The first-order valence-corrected chi connectivity index (χ1v) is 13.2. The summed E-state index contributed by atoms with van der Waals surface area (Å²) in [6, 6.07) is 0.319. The van der Waals surface area contributed by atoms with Gasteiger partial charge >= 0.3 is 5.97 Å². The van der Waals surface area contributed by atoms with Gasteiger partial charge in [0.05, 0.1) is 23.7 Å². The van der Waals surface area contributed by atoms with Gasteiger partial charge in [0.25, 0.3) is 0 Å². The summed E-state index contributed by atoms with van der Waals surface area (Å²) in [5.41, 5.74) is 0.955. The maximum absolute atomic E-state index is 13.8. The third-order valence-corrected chi connectivity index (χ3v) is 9.90. The predicted molar refractivity (Wildman–Crippen MR) is 130 cm³/mol. The average molecular weight is 486 g/mol. The standard InChI is InChI=1S/C28H39NO6/c1-27-13-12-19-22(18(27)10-11-20(27)30)24(31)25(32)23-17(14-29(3)16-8-6-5-7-9-16)26(33)35-21(15-34-4)28(19,23)2/h14,16,18,20-21,30,32H,5-13,15H2,1-4H3/b17-14+/t18?,20-,21+,27-,28-/m0/s1. The molecule has 5 aliphatic rings. The largest absolute Gasteiger partial charge is 0.504 e. The number of Topliss-reactive ketones (excluding diaryl/α,β-unsaturated/α-hetero) is 1. The van der Waals surface area contributed by atoms with E-state index in [4.69, 9.17) is 9.47 Å². The number of esters is 1. The van der Waals surface area contributed by atoms with Crippen molar-refractivity contribution in [3.8, 4) is 0 Å². The fraction of sp³-hybridized carbons (Fsp3) is 0.714. The number of ketones is 1. The van der Waals surface area contributed by atoms with Gasteiger partial charge in [-0.15, -0.1) is 0 Å². The highest BCUT2D eigenvalue weighted by molar-refractivity contribution is 6.12. The Morgan fingerprint density at radius 3 is 2.54 bits per heavy atom. The smallest absolute Gasteiger partial charge is 0.340 e. The molecular formula is C28H39NO6. The lowest BCUT2D eigenvalue weighted by atomic mass is 9.54. The second-order valence-corrected chi connectivity index (χ2v) is 11.6. The molecule has 1 unspecified atom stereocenters. The maximum Gasteiger partial charge on any atom is 0.340 e. The molecule has 5 rings (SSSR count). The summed E-state index contributed by atoms with van der Waals surface area (Å²) in [5.74, 6) is -1.39. The van der Waals surface area contributed by atoms with E-state index in [0.29, 0.717) is 36.5 Å². The van der Waals surface area contributed by atoms with E-state index in [1.807, 2.05) is 14.0 Å². The zero-order valence-electron chi connectivity index (χ0n) is 21.4. The SMILES string of the molecule is COC[C@H]1OC(=O)/C(=C/N(C)C2CCCCC2)C2=C(O)C(=O)C3=C(CC[C@@]4(C)C3CC[C@@H]4O)[C@]21C. The summed E-state index contributed by atoms with van der Waals surface area (Å²) in [4.78, 5) is 29.1. The van der Waals surface area contributed by atoms with Gasteiger partial charge in [0.15, 0.2) is 5.76 Å². The fourth-order valence-corrected chi connectivity index (χ4v) is 7.69. The number of nitrogens with zero attached hydrogens (tertiary/aromatic N) is 1. The van der Waals surface area contributed by atoms with Crippen molar-refractivity contribution in [1.29, 1.82) is 0 Å². The number of cyclic esters (lactones) is 1. The Kier molecular flexibility index (Phi) is 6.16. The number of carbonyl (C=O) groups excluding carboxylic acids is 2. The maximum atomic E-state index is 13.8. The first kappa shape index (κ1) is 24.6. The van der Waals surface area contributed by atoms with Gasteiger partial charge < -0.3 is 24.6 Å². The Morgan fingerprint density at radius 2 is 1.86 bits per heavy atom. The molecule has 3 fully saturated rings. The summed E-state index contributed by atoms with van der Waals surface area (Å²) in [6.07, 6.45) is 9.05. The summed E-state index contributed by atoms with van der Waals surface area (Å²) in [6.45, 7) is 4.21. The van der Waals surface area contributed by atoms with Crippen LogP contribution in [0.5, 0.6) is 0 Å². The Morgan fingerprint density at radius 1 is 1.14 bits per heavy atom. The molecule has 7 nitrogen and oxygen atoms in total. The lowest BCUT2D eigenvalue weighted by Crippen LogP contribution is -2.53.